The number of aryl methyl sites for hydroxylation is 2. The summed E-state index contributed by atoms with van der Waals surface area (Å²) in [6.07, 6.45) is 1.43. The molecule has 0 heterocycles. The number of carbonyl (C=O) groups is 2. The van der Waals surface area contributed by atoms with Crippen LogP contribution in [0.4, 0.5) is 0 Å². The maximum Gasteiger partial charge on any atom is 0.251 e. The third-order valence-electron chi connectivity index (χ3n) is 3.91. The standard InChI is InChI=1S/C19H22N2O2/c1-4-13-6-5-7-14(10-13)11-15-16(18(20)22)8-12(2)9-17(15)19(23)21-3/h5-10H,4,11H2,1-3H3,(H2,20,22)(H,21,23). The molecule has 4 heteroatoms. The zero-order valence-corrected chi connectivity index (χ0v) is 13.8. The number of nitrogens with one attached hydrogen (secondary N) is 1. The topological polar surface area (TPSA) is 72.2 Å². The number of carbonyl (C=O) groups excluding carboxylic acids is 2. The summed E-state index contributed by atoms with van der Waals surface area (Å²) < 4.78 is 0. The van der Waals surface area contributed by atoms with Gasteiger partial charge in [-0.3, -0.25) is 9.59 Å². The Labute approximate surface area is 136 Å². The highest BCUT2D eigenvalue weighted by Gasteiger charge is 2.18. The molecule has 2 amide bonds. The van der Waals surface area contributed by atoms with Crippen LogP contribution in [0.25, 0.3) is 0 Å². The highest BCUT2D eigenvalue weighted by molar-refractivity contribution is 6.02. The van der Waals surface area contributed by atoms with E-state index in [1.165, 1.54) is 5.56 Å². The van der Waals surface area contributed by atoms with Crippen LogP contribution in [0.5, 0.6) is 0 Å². The van der Waals surface area contributed by atoms with E-state index in [4.69, 9.17) is 5.73 Å². The van der Waals surface area contributed by atoms with Crippen molar-refractivity contribution in [2.45, 2.75) is 26.7 Å². The van der Waals surface area contributed by atoms with Crippen molar-refractivity contribution >= 4 is 11.8 Å². The highest BCUT2D eigenvalue weighted by Crippen LogP contribution is 2.22. The first kappa shape index (κ1) is 16.7. The lowest BCUT2D eigenvalue weighted by Crippen LogP contribution is -2.23. The van der Waals surface area contributed by atoms with Gasteiger partial charge in [-0.25, -0.2) is 0 Å². The number of amides is 2. The quantitative estimate of drug-likeness (QED) is 0.891. The number of hydrogen-bond acceptors (Lipinski definition) is 2. The molecule has 0 spiro atoms. The van der Waals surface area contributed by atoms with Gasteiger partial charge in [0, 0.05) is 18.2 Å². The van der Waals surface area contributed by atoms with Crippen LogP contribution in [0.1, 0.15) is 49.9 Å². The molecular formula is C19H22N2O2. The summed E-state index contributed by atoms with van der Waals surface area (Å²) in [6, 6.07) is 11.7. The van der Waals surface area contributed by atoms with Gasteiger partial charge in [-0.05, 0) is 54.2 Å². The third kappa shape index (κ3) is 3.77. The minimum atomic E-state index is -0.513. The van der Waals surface area contributed by atoms with Crippen LogP contribution in [-0.2, 0) is 12.8 Å². The van der Waals surface area contributed by atoms with Gasteiger partial charge < -0.3 is 11.1 Å². The second-order valence-corrected chi connectivity index (χ2v) is 5.63. The van der Waals surface area contributed by atoms with Gasteiger partial charge in [-0.1, -0.05) is 31.2 Å². The number of benzene rings is 2. The Morgan fingerprint density at radius 1 is 1.09 bits per heavy atom. The van der Waals surface area contributed by atoms with Gasteiger partial charge in [0.1, 0.15) is 0 Å². The molecule has 0 aliphatic carbocycles. The van der Waals surface area contributed by atoms with Crippen molar-refractivity contribution in [3.05, 3.63) is 69.8 Å². The molecule has 0 saturated carbocycles. The van der Waals surface area contributed by atoms with Crippen LogP contribution in [0, 0.1) is 6.92 Å². The fraction of sp³-hybridized carbons (Fsp3) is 0.263. The molecule has 0 unspecified atom stereocenters. The Balaban J connectivity index is 2.57. The van der Waals surface area contributed by atoms with E-state index in [1.54, 1.807) is 19.2 Å². The normalized spacial score (nSPS) is 10.4. The van der Waals surface area contributed by atoms with Gasteiger partial charge in [0.2, 0.25) is 5.91 Å². The molecule has 0 aliphatic heterocycles. The van der Waals surface area contributed by atoms with Gasteiger partial charge >= 0.3 is 0 Å². The number of primary amides is 1. The molecule has 2 aromatic rings. The third-order valence-corrected chi connectivity index (χ3v) is 3.91. The van der Waals surface area contributed by atoms with Crippen molar-refractivity contribution in [1.29, 1.82) is 0 Å². The van der Waals surface area contributed by atoms with Crippen LogP contribution in [0.2, 0.25) is 0 Å². The molecule has 0 radical (unpaired) electrons. The van der Waals surface area contributed by atoms with Gasteiger partial charge in [0.15, 0.2) is 0 Å². The van der Waals surface area contributed by atoms with E-state index in [2.05, 4.69) is 24.4 Å². The van der Waals surface area contributed by atoms with Gasteiger partial charge in [0.25, 0.3) is 5.91 Å². The molecule has 0 aliphatic rings. The number of nitrogens with two attached hydrogens (primary N) is 1. The summed E-state index contributed by atoms with van der Waals surface area (Å²) in [5, 5.41) is 2.63. The summed E-state index contributed by atoms with van der Waals surface area (Å²) >= 11 is 0. The van der Waals surface area contributed by atoms with Crippen molar-refractivity contribution < 1.29 is 9.59 Å². The summed E-state index contributed by atoms with van der Waals surface area (Å²) in [7, 11) is 1.58. The molecule has 2 rings (SSSR count). The maximum absolute atomic E-state index is 12.2. The molecule has 120 valence electrons. The van der Waals surface area contributed by atoms with E-state index in [-0.39, 0.29) is 5.91 Å². The number of rotatable bonds is 5. The molecule has 4 nitrogen and oxygen atoms in total. The largest absolute Gasteiger partial charge is 0.366 e. The average molecular weight is 310 g/mol. The monoisotopic (exact) mass is 310 g/mol. The lowest BCUT2D eigenvalue weighted by atomic mass is 9.91. The summed E-state index contributed by atoms with van der Waals surface area (Å²) in [6.45, 7) is 3.94. The molecular weight excluding hydrogens is 288 g/mol. The Hall–Kier alpha value is -2.62. The van der Waals surface area contributed by atoms with E-state index >= 15 is 0 Å². The first-order valence-electron chi connectivity index (χ1n) is 7.69. The molecule has 3 N–H and O–H groups in total. The average Bonchev–Trinajstić information content (AvgIpc) is 2.55. The number of hydrogen-bond donors (Lipinski definition) is 2. The molecule has 0 saturated heterocycles. The Morgan fingerprint density at radius 2 is 1.74 bits per heavy atom. The van der Waals surface area contributed by atoms with Crippen LogP contribution < -0.4 is 11.1 Å². The summed E-state index contributed by atoms with van der Waals surface area (Å²) in [5.41, 5.74) is 10.2. The summed E-state index contributed by atoms with van der Waals surface area (Å²) in [5.74, 6) is -0.724. The van der Waals surface area contributed by atoms with Crippen LogP contribution in [0.3, 0.4) is 0 Å². The lowest BCUT2D eigenvalue weighted by Gasteiger charge is -2.14. The van der Waals surface area contributed by atoms with Crippen molar-refractivity contribution in [3.8, 4) is 0 Å². The summed E-state index contributed by atoms with van der Waals surface area (Å²) in [4.78, 5) is 24.1. The van der Waals surface area contributed by atoms with Crippen molar-refractivity contribution in [2.75, 3.05) is 7.05 Å². The molecule has 0 bridgehead atoms. The Kier molecular flexibility index (Phi) is 5.16. The Morgan fingerprint density at radius 3 is 2.35 bits per heavy atom. The first-order valence-corrected chi connectivity index (χ1v) is 7.69. The molecule has 2 aromatic carbocycles. The van der Waals surface area contributed by atoms with Crippen molar-refractivity contribution in [2.24, 2.45) is 5.73 Å². The lowest BCUT2D eigenvalue weighted by molar-refractivity contribution is 0.0962. The van der Waals surface area contributed by atoms with Crippen molar-refractivity contribution in [1.82, 2.24) is 5.32 Å². The molecule has 23 heavy (non-hydrogen) atoms. The molecule has 0 fully saturated rings. The van der Waals surface area contributed by atoms with Crippen LogP contribution >= 0.6 is 0 Å². The van der Waals surface area contributed by atoms with Gasteiger partial charge in [-0.15, -0.1) is 0 Å². The predicted molar refractivity (Wildman–Crippen MR) is 91.7 cm³/mol. The predicted octanol–water partition coefficient (Wildman–Crippen LogP) is 2.61. The first-order chi connectivity index (χ1) is 11.0. The minimum Gasteiger partial charge on any atom is -0.366 e. The van der Waals surface area contributed by atoms with E-state index in [0.717, 1.165) is 17.5 Å². The van der Waals surface area contributed by atoms with Gasteiger partial charge in [0.05, 0.1) is 0 Å². The van der Waals surface area contributed by atoms with E-state index in [1.807, 2.05) is 19.1 Å². The maximum atomic E-state index is 12.2. The molecule has 0 aromatic heterocycles. The van der Waals surface area contributed by atoms with Crippen LogP contribution in [0.15, 0.2) is 36.4 Å². The fourth-order valence-corrected chi connectivity index (χ4v) is 2.73. The van der Waals surface area contributed by atoms with Crippen LogP contribution in [-0.4, -0.2) is 18.9 Å². The second-order valence-electron chi connectivity index (χ2n) is 5.63. The fourth-order valence-electron chi connectivity index (χ4n) is 2.73. The SMILES string of the molecule is CCc1cccc(Cc2c(C(N)=O)cc(C)cc2C(=O)NC)c1. The minimum absolute atomic E-state index is 0.210. The van der Waals surface area contributed by atoms with E-state index in [0.29, 0.717) is 23.1 Å². The smallest absolute Gasteiger partial charge is 0.251 e. The van der Waals surface area contributed by atoms with E-state index in [9.17, 15) is 9.59 Å². The second kappa shape index (κ2) is 7.09. The van der Waals surface area contributed by atoms with E-state index < -0.39 is 5.91 Å². The highest BCUT2D eigenvalue weighted by atomic mass is 16.2. The zero-order valence-electron chi connectivity index (χ0n) is 13.8. The van der Waals surface area contributed by atoms with Gasteiger partial charge in [-0.2, -0.15) is 0 Å². The van der Waals surface area contributed by atoms with Crippen molar-refractivity contribution in [3.63, 3.8) is 0 Å². The Bertz CT molecular complexity index is 751. The molecule has 0 atom stereocenters. The zero-order chi connectivity index (χ0) is 17.0.